The second-order valence-corrected chi connectivity index (χ2v) is 8.12. The lowest BCUT2D eigenvalue weighted by atomic mass is 10.1. The molecule has 3 aromatic rings. The van der Waals surface area contributed by atoms with Crippen LogP contribution in [0.4, 0.5) is 5.82 Å². The molecule has 0 saturated carbocycles. The molecular weight excluding hydrogens is 372 g/mol. The number of nitrogens with zero attached hydrogens (tertiary/aromatic N) is 3. The lowest BCUT2D eigenvalue weighted by Gasteiger charge is -2.26. The van der Waals surface area contributed by atoms with Crippen molar-refractivity contribution in [2.45, 2.75) is 18.5 Å². The van der Waals surface area contributed by atoms with Crippen LogP contribution in [0, 0.1) is 0 Å². The van der Waals surface area contributed by atoms with E-state index >= 15 is 0 Å². The molecule has 5 rings (SSSR count). The molecule has 0 fully saturated rings. The van der Waals surface area contributed by atoms with Crippen LogP contribution in [0.1, 0.15) is 17.2 Å². The number of benzene rings is 1. The summed E-state index contributed by atoms with van der Waals surface area (Å²) in [6.07, 6.45) is 6.03. The van der Waals surface area contributed by atoms with Crippen LogP contribution in [0.5, 0.6) is 0 Å². The Labute approximate surface area is 166 Å². The average molecular weight is 392 g/mol. The summed E-state index contributed by atoms with van der Waals surface area (Å²) in [6.45, 7) is 0.785. The van der Waals surface area contributed by atoms with E-state index in [2.05, 4.69) is 26.3 Å². The first-order chi connectivity index (χ1) is 13.7. The molecule has 8 heteroatoms. The number of nitrogens with one attached hydrogen (secondary N) is 2. The molecule has 142 valence electrons. The van der Waals surface area contributed by atoms with Crippen LogP contribution >= 0.6 is 11.8 Å². The first-order valence-corrected chi connectivity index (χ1v) is 10.2. The fourth-order valence-corrected chi connectivity index (χ4v) is 4.78. The fraction of sp³-hybridized carbons (Fsp3) is 0.250. The molecule has 0 bridgehead atoms. The summed E-state index contributed by atoms with van der Waals surface area (Å²) >= 11 is 1.56. The molecule has 4 N–H and O–H groups in total. The number of fused-ring (bicyclic) bond motifs is 2. The molecule has 0 spiro atoms. The molecule has 28 heavy (non-hydrogen) atoms. The predicted octanol–water partition coefficient (Wildman–Crippen LogP) is 2.09. The van der Waals surface area contributed by atoms with Crippen molar-refractivity contribution in [3.05, 3.63) is 65.1 Å². The van der Waals surface area contributed by atoms with E-state index < -0.39 is 0 Å². The average Bonchev–Trinajstić information content (AvgIpc) is 3.33. The molecule has 2 aromatic heterocycles. The number of H-pyrrole nitrogens is 1. The van der Waals surface area contributed by atoms with Gasteiger partial charge in [0.2, 0.25) is 0 Å². The van der Waals surface area contributed by atoms with Gasteiger partial charge < -0.3 is 20.9 Å². The third-order valence-corrected chi connectivity index (χ3v) is 6.28. The van der Waals surface area contributed by atoms with E-state index in [1.165, 1.54) is 11.9 Å². The smallest absolute Gasteiger partial charge is 0.259 e. The summed E-state index contributed by atoms with van der Waals surface area (Å²) in [5.74, 6) is 1.54. The Morgan fingerprint density at radius 3 is 3.07 bits per heavy atom. The van der Waals surface area contributed by atoms with Crippen LogP contribution in [0.15, 0.2) is 54.0 Å². The Morgan fingerprint density at radius 2 is 2.18 bits per heavy atom. The highest BCUT2D eigenvalue weighted by Crippen LogP contribution is 2.32. The van der Waals surface area contributed by atoms with Gasteiger partial charge >= 0.3 is 0 Å². The number of nitrogens with two attached hydrogens (primary N) is 1. The molecule has 0 unspecified atom stereocenters. The molecule has 3 heterocycles. The maximum atomic E-state index is 12.9. The summed E-state index contributed by atoms with van der Waals surface area (Å²) in [5.41, 5.74) is 9.49. The van der Waals surface area contributed by atoms with E-state index in [1.54, 1.807) is 11.8 Å². The van der Waals surface area contributed by atoms with Gasteiger partial charge in [0.15, 0.2) is 0 Å². The molecule has 1 aliphatic carbocycles. The molecule has 7 nitrogen and oxygen atoms in total. The van der Waals surface area contributed by atoms with Crippen molar-refractivity contribution < 1.29 is 4.79 Å². The highest BCUT2D eigenvalue weighted by atomic mass is 32.2. The predicted molar refractivity (Wildman–Crippen MR) is 111 cm³/mol. The first-order valence-electron chi connectivity index (χ1n) is 9.24. The van der Waals surface area contributed by atoms with Crippen LogP contribution < -0.4 is 16.0 Å². The van der Waals surface area contributed by atoms with E-state index in [1.807, 2.05) is 41.6 Å². The number of rotatable bonds is 3. The largest absolute Gasteiger partial charge is 0.347 e. The van der Waals surface area contributed by atoms with Crippen molar-refractivity contribution in [3.63, 3.8) is 0 Å². The topological polar surface area (TPSA) is 99.9 Å². The van der Waals surface area contributed by atoms with Crippen LogP contribution in [0.25, 0.3) is 11.0 Å². The number of aromatic amines is 1. The molecule has 1 aromatic carbocycles. The summed E-state index contributed by atoms with van der Waals surface area (Å²) in [5, 5.41) is 4.07. The van der Waals surface area contributed by atoms with Crippen molar-refractivity contribution in [1.82, 2.24) is 20.3 Å². The van der Waals surface area contributed by atoms with Gasteiger partial charge in [0.25, 0.3) is 5.91 Å². The highest BCUT2D eigenvalue weighted by molar-refractivity contribution is 8.04. The molecule has 1 aliphatic heterocycles. The van der Waals surface area contributed by atoms with E-state index in [4.69, 9.17) is 5.73 Å². The number of carbonyl (C=O) groups excluding carboxylic acids is 1. The van der Waals surface area contributed by atoms with E-state index in [0.717, 1.165) is 41.1 Å². The Bertz CT molecular complexity index is 1080. The Balaban J connectivity index is 1.36. The normalized spacial score (nSPS) is 21.5. The van der Waals surface area contributed by atoms with Crippen molar-refractivity contribution >= 4 is 34.5 Å². The van der Waals surface area contributed by atoms with Crippen LogP contribution in [-0.4, -0.2) is 39.2 Å². The monoisotopic (exact) mass is 392 g/mol. The molecule has 2 aliphatic rings. The molecule has 0 radical (unpaired) electrons. The lowest BCUT2D eigenvalue weighted by Crippen LogP contribution is -2.42. The Kier molecular flexibility index (Phi) is 4.29. The maximum Gasteiger partial charge on any atom is 0.259 e. The number of amides is 1. The van der Waals surface area contributed by atoms with Crippen LogP contribution in [-0.2, 0) is 11.2 Å². The molecule has 1 amide bonds. The molecule has 0 saturated heterocycles. The molecular formula is C20H20N6OS. The van der Waals surface area contributed by atoms with Gasteiger partial charge in [-0.15, -0.1) is 11.8 Å². The number of hydrogen-bond donors (Lipinski definition) is 3. The van der Waals surface area contributed by atoms with Gasteiger partial charge in [-0.2, -0.15) is 0 Å². The second-order valence-electron chi connectivity index (χ2n) is 6.98. The zero-order valence-electron chi connectivity index (χ0n) is 15.1. The summed E-state index contributed by atoms with van der Waals surface area (Å²) in [4.78, 5) is 27.4. The minimum Gasteiger partial charge on any atom is -0.347 e. The Hall–Kier alpha value is -2.84. The van der Waals surface area contributed by atoms with Crippen molar-refractivity contribution in [2.75, 3.05) is 17.2 Å². The Morgan fingerprint density at radius 1 is 1.29 bits per heavy atom. The SMILES string of the molecule is N[C@@H]1c2ccccc2C[C@@H]1NC(=O)C1=CN(c2ncnc3[nH]ccc23)CCS1. The fourth-order valence-electron chi connectivity index (χ4n) is 3.88. The standard InChI is InChI=1S/C20H20N6OS/c21-17-13-4-2-1-3-12(13)9-15(17)25-20(27)16-10-26(7-8-28-16)19-14-5-6-22-18(14)23-11-24-19/h1-6,10-11,15,17H,7-9,21H2,(H,25,27)(H,22,23,24)/t15-,17+/m0/s1. The number of carbonyl (C=O) groups is 1. The van der Waals surface area contributed by atoms with Crippen molar-refractivity contribution in [1.29, 1.82) is 0 Å². The van der Waals surface area contributed by atoms with Gasteiger partial charge in [-0.3, -0.25) is 4.79 Å². The molecule has 2 atom stereocenters. The van der Waals surface area contributed by atoms with Gasteiger partial charge in [0.05, 0.1) is 22.4 Å². The summed E-state index contributed by atoms with van der Waals surface area (Å²) in [6, 6.07) is 9.81. The van der Waals surface area contributed by atoms with Crippen LogP contribution in [0.3, 0.4) is 0 Å². The van der Waals surface area contributed by atoms with Gasteiger partial charge in [-0.05, 0) is 23.6 Å². The van der Waals surface area contributed by atoms with Gasteiger partial charge in [0.1, 0.15) is 17.8 Å². The zero-order chi connectivity index (χ0) is 19.1. The van der Waals surface area contributed by atoms with Crippen molar-refractivity contribution in [2.24, 2.45) is 5.73 Å². The lowest BCUT2D eigenvalue weighted by molar-refractivity contribution is -0.117. The number of hydrogen-bond acceptors (Lipinski definition) is 6. The summed E-state index contributed by atoms with van der Waals surface area (Å²) < 4.78 is 0. The van der Waals surface area contributed by atoms with Crippen LogP contribution in [0.2, 0.25) is 0 Å². The third kappa shape index (κ3) is 2.94. The van der Waals surface area contributed by atoms with Gasteiger partial charge in [0, 0.05) is 24.7 Å². The van der Waals surface area contributed by atoms with Crippen molar-refractivity contribution in [3.8, 4) is 0 Å². The zero-order valence-corrected chi connectivity index (χ0v) is 15.9. The number of aromatic nitrogens is 3. The second kappa shape index (κ2) is 6.96. The third-order valence-electron chi connectivity index (χ3n) is 5.30. The highest BCUT2D eigenvalue weighted by Gasteiger charge is 2.31. The van der Waals surface area contributed by atoms with Gasteiger partial charge in [-0.25, -0.2) is 9.97 Å². The minimum absolute atomic E-state index is 0.0812. The number of anilines is 1. The van der Waals surface area contributed by atoms with Gasteiger partial charge in [-0.1, -0.05) is 24.3 Å². The maximum absolute atomic E-state index is 12.9. The van der Waals surface area contributed by atoms with E-state index in [9.17, 15) is 4.79 Å². The quantitative estimate of drug-likeness (QED) is 0.631. The first kappa shape index (κ1) is 17.3. The minimum atomic E-state index is -0.174. The van der Waals surface area contributed by atoms with E-state index in [-0.39, 0.29) is 18.0 Å². The number of thioether (sulfide) groups is 1. The summed E-state index contributed by atoms with van der Waals surface area (Å²) in [7, 11) is 0. The van der Waals surface area contributed by atoms with E-state index in [0.29, 0.717) is 4.91 Å².